The summed E-state index contributed by atoms with van der Waals surface area (Å²) in [6.45, 7) is 80.1. The molecule has 0 spiro atoms. The van der Waals surface area contributed by atoms with Crippen molar-refractivity contribution in [1.82, 2.24) is 26.6 Å². The van der Waals surface area contributed by atoms with Crippen molar-refractivity contribution in [1.29, 1.82) is 0 Å². The molecule has 8 heteroatoms. The highest BCUT2D eigenvalue weighted by atomic mass is 16.5. The van der Waals surface area contributed by atoms with Gasteiger partial charge in [-0.2, -0.15) is 0 Å². The summed E-state index contributed by atoms with van der Waals surface area (Å²) >= 11 is 0. The standard InChI is InChI=1S/C9H11N.C5H11N.C5H10O.C4H10N2.C4H9NO.C4H8O.6C4H10.6C2H6/c1-2-4-9-7-10-6-5-8(9)3-1;2*1-2-4-6-5-3-1;1-2-6-4-3-5-1;1-3-6-4-2-5-1;1-2-4-5-3-1;6*1-4(2)3;6*1-2/h1-4,10H,5-7H2;6H,1-5H2;1-5H2;5-6H,1-4H2;5H,1-4H2;1-4H2;6*4H,1-3H3;6*1-2H3. The maximum absolute atomic E-state index is 5.07. The van der Waals surface area contributed by atoms with Crippen LogP contribution in [0.25, 0.3) is 0 Å². The third kappa shape index (κ3) is 174. The molecule has 0 radical (unpaired) electrons. The largest absolute Gasteiger partial charge is 0.381 e. The number of hydrogen-bond acceptors (Lipinski definition) is 8. The van der Waals surface area contributed by atoms with Gasteiger partial charge in [-0.15, -0.1) is 0 Å². The number of rotatable bonds is 0. The van der Waals surface area contributed by atoms with Gasteiger partial charge in [0.1, 0.15) is 0 Å². The number of morpholine rings is 1. The molecule has 6 aliphatic heterocycles. The first-order valence-electron chi connectivity index (χ1n) is 32.2. The van der Waals surface area contributed by atoms with Crippen molar-refractivity contribution < 1.29 is 14.2 Å². The zero-order valence-corrected chi connectivity index (χ0v) is 58.2. The van der Waals surface area contributed by atoms with Crippen LogP contribution in [0.1, 0.15) is 270 Å². The highest BCUT2D eigenvalue weighted by Crippen LogP contribution is 2.11. The zero-order valence-electron chi connectivity index (χ0n) is 58.2. The fourth-order valence-electron chi connectivity index (χ4n) is 4.54. The lowest BCUT2D eigenvalue weighted by Crippen LogP contribution is -2.39. The van der Waals surface area contributed by atoms with Gasteiger partial charge in [0.2, 0.25) is 0 Å². The topological polar surface area (TPSA) is 87.8 Å². The van der Waals surface area contributed by atoms with E-state index in [0.717, 1.165) is 128 Å². The van der Waals surface area contributed by atoms with Crippen LogP contribution in [0.2, 0.25) is 0 Å². The van der Waals surface area contributed by atoms with E-state index in [9.17, 15) is 0 Å². The lowest BCUT2D eigenvalue weighted by molar-refractivity contribution is 0.0968. The van der Waals surface area contributed by atoms with E-state index >= 15 is 0 Å². The second-order valence-corrected chi connectivity index (χ2v) is 20.8. The zero-order chi connectivity index (χ0) is 60.8. The molecule has 6 aliphatic rings. The van der Waals surface area contributed by atoms with E-state index in [4.69, 9.17) is 14.2 Å². The van der Waals surface area contributed by atoms with E-state index in [1.807, 2.05) is 83.1 Å². The maximum Gasteiger partial charge on any atom is 0.0591 e. The van der Waals surface area contributed by atoms with E-state index in [1.165, 1.54) is 82.0 Å². The Balaban J connectivity index is -0.0000000657. The molecule has 5 saturated heterocycles. The summed E-state index contributed by atoms with van der Waals surface area (Å²) < 4.78 is 15.0. The van der Waals surface area contributed by atoms with Gasteiger partial charge in [0.15, 0.2) is 0 Å². The molecule has 0 aromatic heterocycles. The van der Waals surface area contributed by atoms with E-state index in [-0.39, 0.29) is 0 Å². The Hall–Kier alpha value is -1.10. The van der Waals surface area contributed by atoms with Crippen LogP contribution in [-0.4, -0.2) is 98.5 Å². The first kappa shape index (κ1) is 99.3. The molecule has 6 heterocycles. The normalized spacial score (nSPS) is 14.8. The molecule has 0 atom stereocenters. The molecular weight excluding hydrogens is 923 g/mol. The van der Waals surface area contributed by atoms with Gasteiger partial charge in [0.05, 0.1) is 13.2 Å². The first-order valence-corrected chi connectivity index (χ1v) is 32.2. The van der Waals surface area contributed by atoms with Crippen LogP contribution >= 0.6 is 0 Å². The second-order valence-electron chi connectivity index (χ2n) is 20.8. The number of benzene rings is 1. The van der Waals surface area contributed by atoms with E-state index in [2.05, 4.69) is 175 Å². The van der Waals surface area contributed by atoms with Crippen molar-refractivity contribution in [3.05, 3.63) is 35.4 Å². The van der Waals surface area contributed by atoms with Crippen LogP contribution < -0.4 is 26.6 Å². The third-order valence-corrected chi connectivity index (χ3v) is 6.92. The first-order chi connectivity index (χ1) is 35.9. The molecule has 7 rings (SSSR count). The molecule has 0 bridgehead atoms. The van der Waals surface area contributed by atoms with Crippen LogP contribution in [0.5, 0.6) is 0 Å². The minimum absolute atomic E-state index is 0.833. The summed E-state index contributed by atoms with van der Waals surface area (Å²) in [5.41, 5.74) is 2.98. The highest BCUT2D eigenvalue weighted by molar-refractivity contribution is 5.28. The fraction of sp³-hybridized carbons (Fsp3) is 0.910. The molecular formula is C67H155N5O3. The van der Waals surface area contributed by atoms with Crippen molar-refractivity contribution >= 4 is 0 Å². The predicted molar refractivity (Wildman–Crippen MR) is 354 cm³/mol. The maximum atomic E-state index is 5.07. The van der Waals surface area contributed by atoms with Crippen LogP contribution in [0.15, 0.2) is 24.3 Å². The monoisotopic (exact) mass is 1080 g/mol. The van der Waals surface area contributed by atoms with Crippen LogP contribution in [0.4, 0.5) is 0 Å². The van der Waals surface area contributed by atoms with Crippen molar-refractivity contribution in [3.63, 3.8) is 0 Å². The van der Waals surface area contributed by atoms with Gasteiger partial charge in [-0.05, 0) is 118 Å². The summed E-state index contributed by atoms with van der Waals surface area (Å²) in [4.78, 5) is 0. The Morgan fingerprint density at radius 3 is 0.680 bits per heavy atom. The van der Waals surface area contributed by atoms with Gasteiger partial charge in [-0.25, -0.2) is 0 Å². The summed E-state index contributed by atoms with van der Waals surface area (Å²) in [6.07, 6.45) is 11.9. The molecule has 1 aromatic carbocycles. The Labute approximate surface area is 480 Å². The molecule has 466 valence electrons. The molecule has 8 nitrogen and oxygen atoms in total. The Morgan fingerprint density at radius 1 is 0.267 bits per heavy atom. The number of ether oxygens (including phenoxy) is 3. The summed E-state index contributed by atoms with van der Waals surface area (Å²) in [5, 5.41) is 16.2. The number of piperidine rings is 1. The summed E-state index contributed by atoms with van der Waals surface area (Å²) in [7, 11) is 0. The average Bonchev–Trinajstić information content (AvgIpc) is 4.03. The lowest BCUT2D eigenvalue weighted by Gasteiger charge is -2.15. The Bertz CT molecular complexity index is 706. The number of fused-ring (bicyclic) bond motifs is 1. The van der Waals surface area contributed by atoms with Gasteiger partial charge in [-0.3, -0.25) is 0 Å². The average molecular weight is 1080 g/mol. The lowest BCUT2D eigenvalue weighted by atomic mass is 10.0. The van der Waals surface area contributed by atoms with Gasteiger partial charge < -0.3 is 40.8 Å². The van der Waals surface area contributed by atoms with Crippen LogP contribution in [0.3, 0.4) is 0 Å². The van der Waals surface area contributed by atoms with Gasteiger partial charge in [0.25, 0.3) is 0 Å². The summed E-state index contributed by atoms with van der Waals surface area (Å²) in [6, 6.07) is 8.63. The van der Waals surface area contributed by atoms with Crippen molar-refractivity contribution in [2.75, 3.05) is 98.5 Å². The quantitative estimate of drug-likeness (QED) is 0.176. The van der Waals surface area contributed by atoms with Crippen molar-refractivity contribution in [2.24, 2.45) is 35.5 Å². The molecule has 1 aromatic rings. The molecule has 75 heavy (non-hydrogen) atoms. The Kier molecular flexibility index (Phi) is 139. The third-order valence-electron chi connectivity index (χ3n) is 6.92. The van der Waals surface area contributed by atoms with E-state index in [0.29, 0.717) is 0 Å². The minimum Gasteiger partial charge on any atom is -0.381 e. The van der Waals surface area contributed by atoms with Gasteiger partial charge in [-0.1, -0.05) is 238 Å². The molecule has 5 fully saturated rings. The molecule has 0 unspecified atom stereocenters. The SMILES string of the molecule is C1CCNCC1.C1CCOC1.C1CCOCC1.C1CNCCN1.C1COCCN1.CC.CC.CC.CC.CC.CC.CC(C)C.CC(C)C.CC(C)C.CC(C)C.CC(C)C.CC(C)C.c1ccc2c(c1)CCNC2. The van der Waals surface area contributed by atoms with Crippen molar-refractivity contribution in [3.8, 4) is 0 Å². The molecule has 0 aliphatic carbocycles. The minimum atomic E-state index is 0.833. The van der Waals surface area contributed by atoms with E-state index < -0.39 is 0 Å². The van der Waals surface area contributed by atoms with E-state index in [1.54, 1.807) is 0 Å². The molecule has 5 N–H and O–H groups in total. The van der Waals surface area contributed by atoms with Crippen LogP contribution in [0, 0.1) is 35.5 Å². The number of hydrogen-bond donors (Lipinski definition) is 5. The van der Waals surface area contributed by atoms with Gasteiger partial charge >= 0.3 is 0 Å². The summed E-state index contributed by atoms with van der Waals surface area (Å²) in [5.74, 6) is 5.00. The van der Waals surface area contributed by atoms with Crippen LogP contribution in [-0.2, 0) is 27.2 Å². The smallest absolute Gasteiger partial charge is 0.0591 e. The number of piperazine rings is 1. The Morgan fingerprint density at radius 2 is 0.507 bits per heavy atom. The molecule has 0 amide bonds. The second kappa shape index (κ2) is 105. The molecule has 0 saturated carbocycles. The fourth-order valence-corrected chi connectivity index (χ4v) is 4.54. The predicted octanol–water partition coefficient (Wildman–Crippen LogP) is 19.0. The van der Waals surface area contributed by atoms with Crippen molar-refractivity contribution in [2.45, 2.75) is 272 Å². The number of nitrogens with one attached hydrogen (secondary N) is 5. The van der Waals surface area contributed by atoms with Gasteiger partial charge in [0, 0.05) is 72.2 Å². The highest BCUT2D eigenvalue weighted by Gasteiger charge is 2.05.